The largest absolute Gasteiger partial charge is 0.496 e. The molecule has 3 aromatic heterocycles. The second-order valence-corrected chi connectivity index (χ2v) is 11.0. The fourth-order valence-corrected chi connectivity index (χ4v) is 6.31. The predicted molar refractivity (Wildman–Crippen MR) is 165 cm³/mol. The number of aromatic nitrogens is 4. The first-order valence-corrected chi connectivity index (χ1v) is 14.3. The highest BCUT2D eigenvalue weighted by Gasteiger charge is 2.22. The standard InChI is InChI=1S/C33H32N6O3/c1-18-30(19(2)42-38-18)25-15-27-24(16-28(25)41-4)31-32(34-20(3)35-33(31)37-27)23-11-12-26(22-10-6-5-9-21(22)23)36-29(40)17-39-13-7-8-14-39/h5-6,9-12,15-16H,7-8,13-14,17H2,1-4H3,(H,36,40)(H,34,35,37). The molecular weight excluding hydrogens is 528 g/mol. The van der Waals surface area contributed by atoms with Gasteiger partial charge in [0.25, 0.3) is 0 Å². The summed E-state index contributed by atoms with van der Waals surface area (Å²) in [6.45, 7) is 8.10. The first-order valence-electron chi connectivity index (χ1n) is 14.3. The van der Waals surface area contributed by atoms with Crippen molar-refractivity contribution in [1.82, 2.24) is 25.0 Å². The van der Waals surface area contributed by atoms with Crippen LogP contribution in [0.4, 0.5) is 5.69 Å². The number of nitrogens with one attached hydrogen (secondary N) is 2. The lowest BCUT2D eigenvalue weighted by Gasteiger charge is -2.16. The molecule has 1 fully saturated rings. The fourth-order valence-electron chi connectivity index (χ4n) is 6.31. The molecule has 9 heteroatoms. The smallest absolute Gasteiger partial charge is 0.238 e. The zero-order valence-corrected chi connectivity index (χ0v) is 24.2. The number of H-pyrrole nitrogens is 1. The summed E-state index contributed by atoms with van der Waals surface area (Å²) < 4.78 is 11.3. The molecule has 9 nitrogen and oxygen atoms in total. The van der Waals surface area contributed by atoms with E-state index in [1.54, 1.807) is 7.11 Å². The SMILES string of the molecule is COc1cc2c(cc1-c1c(C)noc1C)[nH]c1nc(C)nc(-c3ccc(NC(=O)CN4CCCC4)c4ccccc34)c12. The zero-order chi connectivity index (χ0) is 29.0. The van der Waals surface area contributed by atoms with Crippen LogP contribution in [-0.4, -0.2) is 57.7 Å². The van der Waals surface area contributed by atoms with Gasteiger partial charge in [-0.1, -0.05) is 35.5 Å². The number of likely N-dealkylation sites (tertiary alicyclic amines) is 1. The van der Waals surface area contributed by atoms with E-state index in [1.807, 2.05) is 57.2 Å². The second kappa shape index (κ2) is 10.3. The van der Waals surface area contributed by atoms with Crippen molar-refractivity contribution in [3.05, 3.63) is 65.8 Å². The summed E-state index contributed by atoms with van der Waals surface area (Å²) in [5.74, 6) is 2.11. The van der Waals surface area contributed by atoms with Crippen molar-refractivity contribution >= 4 is 44.3 Å². The molecule has 1 aliphatic heterocycles. The molecule has 1 saturated heterocycles. The van der Waals surface area contributed by atoms with Crippen LogP contribution in [0.1, 0.15) is 30.1 Å². The number of carbonyl (C=O) groups is 1. The summed E-state index contributed by atoms with van der Waals surface area (Å²) in [5, 5.41) is 11.1. The van der Waals surface area contributed by atoms with Gasteiger partial charge in [0.05, 0.1) is 36.0 Å². The highest BCUT2D eigenvalue weighted by atomic mass is 16.5. The minimum atomic E-state index is 0.00731. The van der Waals surface area contributed by atoms with Gasteiger partial charge in [0.2, 0.25) is 5.91 Å². The Morgan fingerprint density at radius 3 is 2.52 bits per heavy atom. The van der Waals surface area contributed by atoms with Gasteiger partial charge in [0.15, 0.2) is 0 Å². The van der Waals surface area contributed by atoms with Crippen LogP contribution < -0.4 is 10.1 Å². The molecule has 3 aromatic carbocycles. The molecule has 0 atom stereocenters. The molecule has 0 radical (unpaired) electrons. The maximum atomic E-state index is 12.9. The topological polar surface area (TPSA) is 109 Å². The molecule has 0 unspecified atom stereocenters. The first-order chi connectivity index (χ1) is 20.4. The number of aromatic amines is 1. The number of nitrogens with zero attached hydrogens (tertiary/aromatic N) is 4. The summed E-state index contributed by atoms with van der Waals surface area (Å²) in [6.07, 6.45) is 2.30. The summed E-state index contributed by atoms with van der Waals surface area (Å²) in [7, 11) is 1.67. The number of fused-ring (bicyclic) bond motifs is 4. The Morgan fingerprint density at radius 1 is 1.00 bits per heavy atom. The number of hydrogen-bond donors (Lipinski definition) is 2. The quantitative estimate of drug-likeness (QED) is 0.238. The number of hydrogen-bond acceptors (Lipinski definition) is 7. The highest BCUT2D eigenvalue weighted by Crippen LogP contribution is 2.42. The Bertz CT molecular complexity index is 1980. The van der Waals surface area contributed by atoms with Crippen LogP contribution in [0, 0.1) is 20.8 Å². The van der Waals surface area contributed by atoms with Crippen molar-refractivity contribution in [1.29, 1.82) is 0 Å². The Kier molecular flexibility index (Phi) is 6.39. The van der Waals surface area contributed by atoms with Gasteiger partial charge in [-0.2, -0.15) is 0 Å². The van der Waals surface area contributed by atoms with Gasteiger partial charge in [0, 0.05) is 33.1 Å². The summed E-state index contributed by atoms with van der Waals surface area (Å²) >= 11 is 0. The number of rotatable bonds is 6. The number of amides is 1. The molecular formula is C33H32N6O3. The van der Waals surface area contributed by atoms with E-state index in [2.05, 4.69) is 32.5 Å². The molecule has 4 heterocycles. The zero-order valence-electron chi connectivity index (χ0n) is 24.2. The Hall–Kier alpha value is -4.76. The van der Waals surface area contributed by atoms with Crippen LogP contribution in [0.25, 0.3) is 55.1 Å². The van der Waals surface area contributed by atoms with Gasteiger partial charge in [-0.05, 0) is 70.3 Å². The van der Waals surface area contributed by atoms with Crippen molar-refractivity contribution in [2.45, 2.75) is 33.6 Å². The van der Waals surface area contributed by atoms with Crippen molar-refractivity contribution in [3.8, 4) is 28.1 Å². The summed E-state index contributed by atoms with van der Waals surface area (Å²) in [6, 6.07) is 16.3. The molecule has 0 bridgehead atoms. The molecule has 2 N–H and O–H groups in total. The third-order valence-electron chi connectivity index (χ3n) is 8.20. The maximum absolute atomic E-state index is 12.9. The van der Waals surface area contributed by atoms with Crippen molar-refractivity contribution < 1.29 is 14.1 Å². The number of carbonyl (C=O) groups excluding carboxylic acids is 1. The minimum absolute atomic E-state index is 0.00731. The summed E-state index contributed by atoms with van der Waals surface area (Å²) in [5.41, 5.74) is 6.87. The lowest BCUT2D eigenvalue weighted by atomic mass is 9.97. The van der Waals surface area contributed by atoms with Crippen LogP contribution in [0.15, 0.2) is 53.1 Å². The van der Waals surface area contributed by atoms with Gasteiger partial charge >= 0.3 is 0 Å². The van der Waals surface area contributed by atoms with Crippen molar-refractivity contribution in [2.24, 2.45) is 0 Å². The van der Waals surface area contributed by atoms with Gasteiger partial charge < -0.3 is 19.6 Å². The maximum Gasteiger partial charge on any atom is 0.238 e. The van der Waals surface area contributed by atoms with E-state index in [1.165, 1.54) is 0 Å². The Morgan fingerprint density at radius 2 is 1.79 bits per heavy atom. The van der Waals surface area contributed by atoms with Gasteiger partial charge in [-0.25, -0.2) is 9.97 Å². The Labute approximate surface area is 242 Å². The van der Waals surface area contributed by atoms with Crippen molar-refractivity contribution in [2.75, 3.05) is 32.1 Å². The predicted octanol–water partition coefficient (Wildman–Crippen LogP) is 6.55. The normalized spacial score (nSPS) is 13.9. The highest BCUT2D eigenvalue weighted by molar-refractivity contribution is 6.17. The third-order valence-corrected chi connectivity index (χ3v) is 8.20. The number of ether oxygens (including phenoxy) is 1. The van der Waals surface area contributed by atoms with Gasteiger partial charge in [-0.15, -0.1) is 0 Å². The molecule has 212 valence electrons. The Balaban J connectivity index is 1.39. The van der Waals surface area contributed by atoms with E-state index >= 15 is 0 Å². The fraction of sp³-hybridized carbons (Fsp3) is 0.273. The van der Waals surface area contributed by atoms with E-state index in [-0.39, 0.29) is 5.91 Å². The lowest BCUT2D eigenvalue weighted by molar-refractivity contribution is -0.117. The minimum Gasteiger partial charge on any atom is -0.496 e. The van der Waals surface area contributed by atoms with Gasteiger partial charge in [0.1, 0.15) is 23.0 Å². The average Bonchev–Trinajstić information content (AvgIpc) is 3.70. The van der Waals surface area contributed by atoms with E-state index in [0.29, 0.717) is 18.1 Å². The summed E-state index contributed by atoms with van der Waals surface area (Å²) in [4.78, 5) is 28.4. The number of methoxy groups -OCH3 is 1. The van der Waals surface area contributed by atoms with E-state index < -0.39 is 0 Å². The first kappa shape index (κ1) is 26.2. The van der Waals surface area contributed by atoms with Crippen LogP contribution >= 0.6 is 0 Å². The number of aryl methyl sites for hydroxylation is 3. The molecule has 0 spiro atoms. The monoisotopic (exact) mass is 560 g/mol. The molecule has 6 aromatic rings. The molecule has 0 saturated carbocycles. The second-order valence-electron chi connectivity index (χ2n) is 11.0. The molecule has 1 aliphatic rings. The van der Waals surface area contributed by atoms with Crippen LogP contribution in [0.2, 0.25) is 0 Å². The molecule has 7 rings (SSSR count). The molecule has 0 aliphatic carbocycles. The number of benzene rings is 3. The van der Waals surface area contributed by atoms with E-state index in [4.69, 9.17) is 19.2 Å². The van der Waals surface area contributed by atoms with Crippen LogP contribution in [-0.2, 0) is 4.79 Å². The van der Waals surface area contributed by atoms with Gasteiger partial charge in [-0.3, -0.25) is 9.69 Å². The van der Waals surface area contributed by atoms with E-state index in [0.717, 1.165) is 98.2 Å². The lowest BCUT2D eigenvalue weighted by Crippen LogP contribution is -2.30. The van der Waals surface area contributed by atoms with Crippen LogP contribution in [0.5, 0.6) is 5.75 Å². The average molecular weight is 561 g/mol. The number of anilines is 1. The molecule has 1 amide bonds. The molecule has 42 heavy (non-hydrogen) atoms. The van der Waals surface area contributed by atoms with E-state index in [9.17, 15) is 4.79 Å². The van der Waals surface area contributed by atoms with Crippen molar-refractivity contribution in [3.63, 3.8) is 0 Å². The van der Waals surface area contributed by atoms with Crippen LogP contribution in [0.3, 0.4) is 0 Å². The third kappa shape index (κ3) is 4.37.